The Balaban J connectivity index is 1.68. The first-order valence-corrected chi connectivity index (χ1v) is 9.37. The Morgan fingerprint density at radius 2 is 2.14 bits per heavy atom. The fraction of sp³-hybridized carbons (Fsp3) is 0.188. The number of carbonyl (C=O) groups is 1. The zero-order valence-electron chi connectivity index (χ0n) is 11.7. The van der Waals surface area contributed by atoms with Gasteiger partial charge in [-0.1, -0.05) is 6.07 Å². The molecule has 0 saturated heterocycles. The van der Waals surface area contributed by atoms with Crippen molar-refractivity contribution in [2.24, 2.45) is 5.73 Å². The van der Waals surface area contributed by atoms with Gasteiger partial charge in [-0.15, -0.1) is 22.7 Å². The fourth-order valence-electron chi connectivity index (χ4n) is 2.32. The molecule has 2 heterocycles. The van der Waals surface area contributed by atoms with E-state index in [1.165, 1.54) is 10.1 Å². The first kappa shape index (κ1) is 15.7. The molecule has 1 atom stereocenters. The van der Waals surface area contributed by atoms with Crippen molar-refractivity contribution in [3.05, 3.63) is 50.4 Å². The van der Waals surface area contributed by atoms with Gasteiger partial charge >= 0.3 is 0 Å². The molecule has 1 unspecified atom stereocenters. The van der Waals surface area contributed by atoms with Gasteiger partial charge in [0.2, 0.25) is 5.91 Å². The van der Waals surface area contributed by atoms with E-state index in [1.807, 2.05) is 30.3 Å². The summed E-state index contributed by atoms with van der Waals surface area (Å²) in [5.41, 5.74) is 6.67. The molecular formula is C16H15BrN2OS2. The highest BCUT2D eigenvalue weighted by Gasteiger charge is 2.16. The monoisotopic (exact) mass is 394 g/mol. The molecule has 3 aromatic rings. The Morgan fingerprint density at radius 1 is 1.27 bits per heavy atom. The highest BCUT2D eigenvalue weighted by atomic mass is 79.9. The third-order valence-electron chi connectivity index (χ3n) is 3.45. The van der Waals surface area contributed by atoms with Crippen molar-refractivity contribution in [2.45, 2.75) is 12.3 Å². The lowest BCUT2D eigenvalue weighted by atomic mass is 10.0. The van der Waals surface area contributed by atoms with Crippen molar-refractivity contribution in [2.75, 3.05) is 11.9 Å². The Morgan fingerprint density at radius 3 is 2.86 bits per heavy atom. The van der Waals surface area contributed by atoms with E-state index in [0.717, 1.165) is 14.4 Å². The molecule has 0 fully saturated rings. The number of carbonyl (C=O) groups excluding carboxylic acids is 1. The van der Waals surface area contributed by atoms with Crippen LogP contribution in [0, 0.1) is 0 Å². The molecule has 6 heteroatoms. The normalized spacial score (nSPS) is 12.5. The number of hydrogen-bond donors (Lipinski definition) is 2. The van der Waals surface area contributed by atoms with Crippen LogP contribution in [0.15, 0.2) is 45.6 Å². The summed E-state index contributed by atoms with van der Waals surface area (Å²) >= 11 is 6.75. The molecule has 0 aliphatic carbocycles. The molecule has 2 aromatic heterocycles. The number of rotatable bonds is 5. The van der Waals surface area contributed by atoms with Gasteiger partial charge in [-0.25, -0.2) is 0 Å². The van der Waals surface area contributed by atoms with Gasteiger partial charge in [0.15, 0.2) is 0 Å². The molecule has 1 aromatic carbocycles. The van der Waals surface area contributed by atoms with Gasteiger partial charge < -0.3 is 11.1 Å². The summed E-state index contributed by atoms with van der Waals surface area (Å²) < 4.78 is 2.24. The van der Waals surface area contributed by atoms with E-state index in [1.54, 1.807) is 22.7 Å². The number of halogens is 1. The summed E-state index contributed by atoms with van der Waals surface area (Å²) in [7, 11) is 0. The highest BCUT2D eigenvalue weighted by Crippen LogP contribution is 2.30. The molecule has 0 spiro atoms. The number of nitrogens with two attached hydrogens (primary N) is 1. The van der Waals surface area contributed by atoms with Crippen LogP contribution in [0.5, 0.6) is 0 Å². The second kappa shape index (κ2) is 6.91. The number of benzene rings is 1. The van der Waals surface area contributed by atoms with Gasteiger partial charge in [-0.3, -0.25) is 4.79 Å². The van der Waals surface area contributed by atoms with E-state index < -0.39 is 0 Å². The summed E-state index contributed by atoms with van der Waals surface area (Å²) in [4.78, 5) is 13.4. The van der Waals surface area contributed by atoms with E-state index in [9.17, 15) is 4.79 Å². The van der Waals surface area contributed by atoms with Crippen LogP contribution < -0.4 is 11.1 Å². The molecule has 0 aliphatic rings. The zero-order valence-corrected chi connectivity index (χ0v) is 14.9. The minimum atomic E-state index is -0.00382. The zero-order chi connectivity index (χ0) is 15.5. The largest absolute Gasteiger partial charge is 0.330 e. The van der Waals surface area contributed by atoms with Crippen LogP contribution in [0.2, 0.25) is 0 Å². The Hall–Kier alpha value is -1.21. The maximum atomic E-state index is 12.3. The quantitative estimate of drug-likeness (QED) is 0.652. The maximum absolute atomic E-state index is 12.3. The number of hydrogen-bond acceptors (Lipinski definition) is 4. The first-order valence-electron chi connectivity index (χ1n) is 6.88. The van der Waals surface area contributed by atoms with Crippen LogP contribution >= 0.6 is 38.6 Å². The van der Waals surface area contributed by atoms with E-state index in [2.05, 4.69) is 32.7 Å². The smallest absolute Gasteiger partial charge is 0.225 e. The van der Waals surface area contributed by atoms with Gasteiger partial charge in [-0.05, 0) is 57.0 Å². The first-order chi connectivity index (χ1) is 10.7. The van der Waals surface area contributed by atoms with Crippen LogP contribution in [0.4, 0.5) is 5.69 Å². The minimum Gasteiger partial charge on any atom is -0.330 e. The third kappa shape index (κ3) is 3.57. The minimum absolute atomic E-state index is 0.00382. The second-order valence-electron chi connectivity index (χ2n) is 5.00. The molecular weight excluding hydrogens is 380 g/mol. The Bertz CT molecular complexity index is 796. The number of fused-ring (bicyclic) bond motifs is 1. The van der Waals surface area contributed by atoms with Crippen molar-refractivity contribution in [3.63, 3.8) is 0 Å². The van der Waals surface area contributed by atoms with Crippen LogP contribution in [0.1, 0.15) is 17.2 Å². The van der Waals surface area contributed by atoms with E-state index in [-0.39, 0.29) is 11.8 Å². The molecule has 114 valence electrons. The van der Waals surface area contributed by atoms with Crippen LogP contribution in [-0.4, -0.2) is 12.5 Å². The van der Waals surface area contributed by atoms with Crippen molar-refractivity contribution in [1.82, 2.24) is 0 Å². The summed E-state index contributed by atoms with van der Waals surface area (Å²) in [6, 6.07) is 12.1. The summed E-state index contributed by atoms with van der Waals surface area (Å²) in [6.07, 6.45) is 0.395. The average molecular weight is 395 g/mol. The van der Waals surface area contributed by atoms with Crippen molar-refractivity contribution >= 4 is 60.3 Å². The fourth-order valence-corrected chi connectivity index (χ4v) is 4.68. The number of anilines is 1. The maximum Gasteiger partial charge on any atom is 0.225 e. The standard InChI is InChI=1S/C16H15BrN2OS2/c17-15-4-3-13(22-15)11(9-18)7-16(20)19-12-2-1-10-5-6-21-14(10)8-12/h1-6,8,11H,7,9,18H2,(H,19,20). The van der Waals surface area contributed by atoms with Gasteiger partial charge in [0.25, 0.3) is 0 Å². The van der Waals surface area contributed by atoms with Gasteiger partial charge in [0.05, 0.1) is 3.79 Å². The van der Waals surface area contributed by atoms with E-state index >= 15 is 0 Å². The molecule has 3 nitrogen and oxygen atoms in total. The molecule has 22 heavy (non-hydrogen) atoms. The molecule has 1 amide bonds. The topological polar surface area (TPSA) is 55.1 Å². The average Bonchev–Trinajstić information content (AvgIpc) is 3.13. The molecule has 0 bridgehead atoms. The van der Waals surface area contributed by atoms with E-state index in [4.69, 9.17) is 5.73 Å². The molecule has 0 aliphatic heterocycles. The van der Waals surface area contributed by atoms with Crippen molar-refractivity contribution < 1.29 is 4.79 Å². The summed E-state index contributed by atoms with van der Waals surface area (Å²) in [6.45, 7) is 0.463. The van der Waals surface area contributed by atoms with Crippen molar-refractivity contribution in [3.8, 4) is 0 Å². The van der Waals surface area contributed by atoms with Gasteiger partial charge in [0, 0.05) is 34.1 Å². The predicted molar refractivity (Wildman–Crippen MR) is 98.9 cm³/mol. The number of amides is 1. The van der Waals surface area contributed by atoms with Crippen LogP contribution in [-0.2, 0) is 4.79 Å². The SMILES string of the molecule is NCC(CC(=O)Nc1ccc2ccsc2c1)c1ccc(Br)s1. The lowest BCUT2D eigenvalue weighted by Crippen LogP contribution is -2.20. The van der Waals surface area contributed by atoms with E-state index in [0.29, 0.717) is 13.0 Å². The van der Waals surface area contributed by atoms with Crippen LogP contribution in [0.3, 0.4) is 0 Å². The Kier molecular flexibility index (Phi) is 4.93. The summed E-state index contributed by atoms with van der Waals surface area (Å²) in [5.74, 6) is 0.0534. The number of nitrogens with one attached hydrogen (secondary N) is 1. The van der Waals surface area contributed by atoms with Gasteiger partial charge in [-0.2, -0.15) is 0 Å². The highest BCUT2D eigenvalue weighted by molar-refractivity contribution is 9.11. The molecule has 0 saturated carbocycles. The van der Waals surface area contributed by atoms with Crippen LogP contribution in [0.25, 0.3) is 10.1 Å². The van der Waals surface area contributed by atoms with Gasteiger partial charge in [0.1, 0.15) is 0 Å². The lowest BCUT2D eigenvalue weighted by molar-refractivity contribution is -0.116. The third-order valence-corrected chi connectivity index (χ3v) is 6.12. The lowest BCUT2D eigenvalue weighted by Gasteiger charge is -2.13. The van der Waals surface area contributed by atoms with Crippen molar-refractivity contribution in [1.29, 1.82) is 0 Å². The summed E-state index contributed by atoms with van der Waals surface area (Å²) in [5, 5.41) is 6.22. The molecule has 3 N–H and O–H groups in total. The predicted octanol–water partition coefficient (Wildman–Crippen LogP) is 4.80. The molecule has 0 radical (unpaired) electrons. The Labute approximate surface area is 145 Å². The molecule has 3 rings (SSSR count). The second-order valence-corrected chi connectivity index (χ2v) is 8.44. The number of thiophene rings is 2.